The molecule has 1 aliphatic carbocycles. The summed E-state index contributed by atoms with van der Waals surface area (Å²) in [5, 5.41) is 2.84. The largest absolute Gasteiger partial charge is 0.370 e. The van der Waals surface area contributed by atoms with Crippen molar-refractivity contribution in [2.45, 2.75) is 31.8 Å². The third-order valence-electron chi connectivity index (χ3n) is 2.42. The summed E-state index contributed by atoms with van der Waals surface area (Å²) in [6, 6.07) is 0.569. The zero-order valence-corrected chi connectivity index (χ0v) is 8.36. The van der Waals surface area contributed by atoms with Crippen LogP contribution in [-0.2, 0) is 4.79 Å². The lowest BCUT2D eigenvalue weighted by Gasteiger charge is -2.31. The minimum absolute atomic E-state index is 0.0256. The molecule has 0 radical (unpaired) electrons. The third-order valence-corrected chi connectivity index (χ3v) is 2.42. The Morgan fingerprint density at radius 1 is 1.64 bits per heavy atom. The van der Waals surface area contributed by atoms with Gasteiger partial charge < -0.3 is 16.0 Å². The number of hydrogen-bond acceptors (Lipinski definition) is 2. The van der Waals surface area contributed by atoms with Crippen LogP contribution >= 0.6 is 0 Å². The number of amides is 1. The van der Waals surface area contributed by atoms with Crippen molar-refractivity contribution in [1.82, 2.24) is 10.2 Å². The molecular formula is C9H16N4O. The first-order valence-corrected chi connectivity index (χ1v) is 5.02. The number of aliphatic imine (C=N–C) groups is 1. The SMILES string of the molecule is CC1CN(C(N)=NC2CC2)CC(=O)N1. The van der Waals surface area contributed by atoms with Crippen molar-refractivity contribution in [3.05, 3.63) is 0 Å². The summed E-state index contributed by atoms with van der Waals surface area (Å²) in [7, 11) is 0. The number of nitrogens with two attached hydrogens (primary N) is 1. The van der Waals surface area contributed by atoms with E-state index in [2.05, 4.69) is 10.3 Å². The van der Waals surface area contributed by atoms with E-state index in [1.165, 1.54) is 0 Å². The highest BCUT2D eigenvalue weighted by atomic mass is 16.2. The van der Waals surface area contributed by atoms with Crippen LogP contribution in [0.2, 0.25) is 0 Å². The number of hydrogen-bond donors (Lipinski definition) is 2. The predicted octanol–water partition coefficient (Wildman–Crippen LogP) is -0.716. The van der Waals surface area contributed by atoms with Crippen LogP contribution in [0.15, 0.2) is 4.99 Å². The molecule has 5 nitrogen and oxygen atoms in total. The van der Waals surface area contributed by atoms with Crippen molar-refractivity contribution in [2.75, 3.05) is 13.1 Å². The average Bonchev–Trinajstić information content (AvgIpc) is 2.86. The molecule has 0 aromatic rings. The van der Waals surface area contributed by atoms with Gasteiger partial charge in [0.1, 0.15) is 0 Å². The molecule has 3 N–H and O–H groups in total. The smallest absolute Gasteiger partial charge is 0.239 e. The normalized spacial score (nSPS) is 28.9. The summed E-state index contributed by atoms with van der Waals surface area (Å²) in [4.78, 5) is 17.4. The topological polar surface area (TPSA) is 70.7 Å². The monoisotopic (exact) mass is 196 g/mol. The molecule has 0 spiro atoms. The number of nitrogens with zero attached hydrogens (tertiary/aromatic N) is 2. The van der Waals surface area contributed by atoms with Crippen molar-refractivity contribution >= 4 is 11.9 Å². The maximum atomic E-state index is 11.2. The molecule has 5 heteroatoms. The molecule has 0 bridgehead atoms. The second-order valence-electron chi connectivity index (χ2n) is 4.07. The Balaban J connectivity index is 1.98. The van der Waals surface area contributed by atoms with Gasteiger partial charge in [-0.25, -0.2) is 4.99 Å². The van der Waals surface area contributed by atoms with E-state index in [4.69, 9.17) is 5.73 Å². The van der Waals surface area contributed by atoms with E-state index in [-0.39, 0.29) is 11.9 Å². The van der Waals surface area contributed by atoms with Gasteiger partial charge in [-0.2, -0.15) is 0 Å². The van der Waals surface area contributed by atoms with Crippen LogP contribution < -0.4 is 11.1 Å². The van der Waals surface area contributed by atoms with Gasteiger partial charge in [0.25, 0.3) is 0 Å². The van der Waals surface area contributed by atoms with E-state index in [1.54, 1.807) is 0 Å². The van der Waals surface area contributed by atoms with Crippen LogP contribution in [0, 0.1) is 0 Å². The number of rotatable bonds is 1. The molecule has 1 amide bonds. The fourth-order valence-electron chi connectivity index (χ4n) is 1.58. The second-order valence-corrected chi connectivity index (χ2v) is 4.07. The maximum Gasteiger partial charge on any atom is 0.239 e. The van der Waals surface area contributed by atoms with Gasteiger partial charge in [0.15, 0.2) is 5.96 Å². The molecular weight excluding hydrogens is 180 g/mol. The van der Waals surface area contributed by atoms with Crippen LogP contribution in [0.1, 0.15) is 19.8 Å². The van der Waals surface area contributed by atoms with Crippen molar-refractivity contribution < 1.29 is 4.79 Å². The summed E-state index contributed by atoms with van der Waals surface area (Å²) < 4.78 is 0. The summed E-state index contributed by atoms with van der Waals surface area (Å²) in [6.07, 6.45) is 2.27. The zero-order valence-electron chi connectivity index (χ0n) is 8.36. The highest BCUT2D eigenvalue weighted by molar-refractivity contribution is 5.87. The molecule has 1 aliphatic heterocycles. The van der Waals surface area contributed by atoms with Crippen molar-refractivity contribution in [3.8, 4) is 0 Å². The van der Waals surface area contributed by atoms with Crippen LogP contribution in [0.5, 0.6) is 0 Å². The predicted molar refractivity (Wildman–Crippen MR) is 53.8 cm³/mol. The van der Waals surface area contributed by atoms with E-state index >= 15 is 0 Å². The number of piperazine rings is 1. The van der Waals surface area contributed by atoms with E-state index in [9.17, 15) is 4.79 Å². The van der Waals surface area contributed by atoms with Crippen LogP contribution in [0.4, 0.5) is 0 Å². The van der Waals surface area contributed by atoms with Gasteiger partial charge >= 0.3 is 0 Å². The molecule has 1 saturated heterocycles. The summed E-state index contributed by atoms with van der Waals surface area (Å²) in [5.74, 6) is 0.548. The summed E-state index contributed by atoms with van der Waals surface area (Å²) >= 11 is 0. The Morgan fingerprint density at radius 2 is 2.36 bits per heavy atom. The van der Waals surface area contributed by atoms with E-state index < -0.39 is 0 Å². The van der Waals surface area contributed by atoms with Gasteiger partial charge in [-0.15, -0.1) is 0 Å². The van der Waals surface area contributed by atoms with Crippen molar-refractivity contribution in [3.63, 3.8) is 0 Å². The first-order valence-electron chi connectivity index (χ1n) is 5.02. The Kier molecular flexibility index (Phi) is 2.31. The van der Waals surface area contributed by atoms with E-state index in [0.717, 1.165) is 19.4 Å². The highest BCUT2D eigenvalue weighted by Crippen LogP contribution is 2.23. The van der Waals surface area contributed by atoms with Gasteiger partial charge in [0.05, 0.1) is 12.6 Å². The van der Waals surface area contributed by atoms with Crippen LogP contribution in [-0.4, -0.2) is 41.9 Å². The number of carbonyl (C=O) groups is 1. The zero-order chi connectivity index (χ0) is 10.1. The molecule has 14 heavy (non-hydrogen) atoms. The second kappa shape index (κ2) is 3.48. The molecule has 1 saturated carbocycles. The minimum atomic E-state index is 0.0256. The van der Waals surface area contributed by atoms with Crippen molar-refractivity contribution in [1.29, 1.82) is 0 Å². The minimum Gasteiger partial charge on any atom is -0.370 e. The number of carbonyl (C=O) groups excluding carboxylic acids is 1. The Morgan fingerprint density at radius 3 is 2.93 bits per heavy atom. The molecule has 2 fully saturated rings. The molecule has 1 heterocycles. The first kappa shape index (κ1) is 9.30. The fourth-order valence-corrected chi connectivity index (χ4v) is 1.58. The Bertz CT molecular complexity index is 272. The van der Waals surface area contributed by atoms with Crippen LogP contribution in [0.25, 0.3) is 0 Å². The lowest BCUT2D eigenvalue weighted by atomic mass is 10.2. The number of guanidine groups is 1. The van der Waals surface area contributed by atoms with Crippen molar-refractivity contribution in [2.24, 2.45) is 10.7 Å². The molecule has 0 aromatic carbocycles. The lowest BCUT2D eigenvalue weighted by Crippen LogP contribution is -2.56. The molecule has 2 rings (SSSR count). The standard InChI is InChI=1S/C9H16N4O/c1-6-4-13(5-8(14)11-6)9(10)12-7-2-3-7/h6-7H,2-5H2,1H3,(H2,10,12)(H,11,14). The molecule has 78 valence electrons. The number of nitrogens with one attached hydrogen (secondary N) is 1. The molecule has 1 unspecified atom stereocenters. The molecule has 0 aromatic heterocycles. The third kappa shape index (κ3) is 2.16. The first-order chi connectivity index (χ1) is 6.65. The van der Waals surface area contributed by atoms with Crippen LogP contribution in [0.3, 0.4) is 0 Å². The highest BCUT2D eigenvalue weighted by Gasteiger charge is 2.26. The Labute approximate surface area is 83.4 Å². The van der Waals surface area contributed by atoms with Gasteiger partial charge in [0.2, 0.25) is 5.91 Å². The summed E-state index contributed by atoms with van der Waals surface area (Å²) in [5.41, 5.74) is 5.81. The van der Waals surface area contributed by atoms with Gasteiger partial charge in [-0.3, -0.25) is 4.79 Å². The Hall–Kier alpha value is -1.26. The fraction of sp³-hybridized carbons (Fsp3) is 0.778. The van der Waals surface area contributed by atoms with Gasteiger partial charge in [0, 0.05) is 12.6 Å². The van der Waals surface area contributed by atoms with E-state index in [0.29, 0.717) is 18.5 Å². The van der Waals surface area contributed by atoms with Gasteiger partial charge in [-0.1, -0.05) is 0 Å². The molecule has 1 atom stereocenters. The quantitative estimate of drug-likeness (QED) is 0.429. The summed E-state index contributed by atoms with van der Waals surface area (Å²) in [6.45, 7) is 3.06. The lowest BCUT2D eigenvalue weighted by molar-refractivity contribution is -0.123. The van der Waals surface area contributed by atoms with E-state index in [1.807, 2.05) is 11.8 Å². The average molecular weight is 196 g/mol. The molecule has 2 aliphatic rings. The maximum absolute atomic E-state index is 11.2. The van der Waals surface area contributed by atoms with Gasteiger partial charge in [-0.05, 0) is 19.8 Å².